The highest BCUT2D eigenvalue weighted by Crippen LogP contribution is 2.14. The van der Waals surface area contributed by atoms with Gasteiger partial charge in [-0.15, -0.1) is 0 Å². The Morgan fingerprint density at radius 3 is 2.41 bits per heavy atom. The second kappa shape index (κ2) is 6.22. The molecule has 1 aromatic carbocycles. The number of anilines is 1. The van der Waals surface area contributed by atoms with Gasteiger partial charge in [0.1, 0.15) is 6.10 Å². The van der Waals surface area contributed by atoms with Crippen LogP contribution < -0.4 is 5.32 Å². The number of rotatable bonds is 5. The van der Waals surface area contributed by atoms with Gasteiger partial charge in [0.15, 0.2) is 0 Å². The normalized spacial score (nSPS) is 11.9. The third kappa shape index (κ3) is 4.84. The first-order chi connectivity index (χ1) is 7.99. The largest absolute Gasteiger partial charge is 0.481 e. The Labute approximate surface area is 103 Å². The van der Waals surface area contributed by atoms with Crippen molar-refractivity contribution in [2.24, 2.45) is 0 Å². The van der Waals surface area contributed by atoms with Crippen molar-refractivity contribution in [3.8, 4) is 0 Å². The zero-order chi connectivity index (χ0) is 12.8. The number of hydrogen-bond acceptors (Lipinski definition) is 3. The summed E-state index contributed by atoms with van der Waals surface area (Å²) in [6.07, 6.45) is -1.70. The molecule has 92 valence electrons. The van der Waals surface area contributed by atoms with Crippen LogP contribution in [0.4, 0.5) is 5.69 Å². The van der Waals surface area contributed by atoms with Gasteiger partial charge in [-0.05, 0) is 30.7 Å². The van der Waals surface area contributed by atoms with Crippen molar-refractivity contribution < 1.29 is 19.8 Å². The molecule has 0 aliphatic heterocycles. The lowest BCUT2D eigenvalue weighted by Crippen LogP contribution is -2.28. The molecule has 0 aliphatic carbocycles. The Hall–Kier alpha value is -1.59. The number of carbonyl (C=O) groups is 2. The van der Waals surface area contributed by atoms with Gasteiger partial charge in [0.25, 0.3) is 5.91 Å². The number of nitrogens with one attached hydrogen (secondary N) is 1. The number of aliphatic hydroxyl groups excluding tert-OH is 1. The summed E-state index contributed by atoms with van der Waals surface area (Å²) in [5, 5.41) is 20.8. The lowest BCUT2D eigenvalue weighted by molar-refractivity contribution is -0.138. The predicted molar refractivity (Wildman–Crippen MR) is 63.0 cm³/mol. The molecule has 0 aliphatic rings. The lowest BCUT2D eigenvalue weighted by atomic mass is 10.2. The van der Waals surface area contributed by atoms with Gasteiger partial charge in [0.2, 0.25) is 0 Å². The number of carbonyl (C=O) groups excluding carboxylic acids is 1. The van der Waals surface area contributed by atoms with E-state index in [-0.39, 0.29) is 12.8 Å². The zero-order valence-corrected chi connectivity index (χ0v) is 9.65. The molecule has 0 aromatic heterocycles. The number of aliphatic carboxylic acids is 1. The number of halogens is 1. The van der Waals surface area contributed by atoms with Gasteiger partial charge in [-0.3, -0.25) is 9.59 Å². The highest BCUT2D eigenvalue weighted by Gasteiger charge is 2.16. The van der Waals surface area contributed by atoms with Crippen LogP contribution in [-0.4, -0.2) is 28.2 Å². The van der Waals surface area contributed by atoms with Crippen molar-refractivity contribution in [2.75, 3.05) is 5.32 Å². The molecule has 0 bridgehead atoms. The zero-order valence-electron chi connectivity index (χ0n) is 8.89. The van der Waals surface area contributed by atoms with E-state index in [9.17, 15) is 14.7 Å². The van der Waals surface area contributed by atoms with Crippen molar-refractivity contribution >= 4 is 29.2 Å². The van der Waals surface area contributed by atoms with Gasteiger partial charge >= 0.3 is 5.97 Å². The topological polar surface area (TPSA) is 86.6 Å². The van der Waals surface area contributed by atoms with Crippen molar-refractivity contribution in [3.63, 3.8) is 0 Å². The van der Waals surface area contributed by atoms with E-state index in [2.05, 4.69) is 5.32 Å². The van der Waals surface area contributed by atoms with Crippen LogP contribution in [0.25, 0.3) is 0 Å². The van der Waals surface area contributed by atoms with Crippen LogP contribution in [0.5, 0.6) is 0 Å². The maximum atomic E-state index is 11.4. The van der Waals surface area contributed by atoms with Gasteiger partial charge < -0.3 is 15.5 Å². The third-order valence-corrected chi connectivity index (χ3v) is 2.30. The molecule has 0 heterocycles. The Morgan fingerprint density at radius 2 is 1.88 bits per heavy atom. The van der Waals surface area contributed by atoms with E-state index in [4.69, 9.17) is 16.7 Å². The van der Waals surface area contributed by atoms with Gasteiger partial charge in [-0.25, -0.2) is 0 Å². The molecule has 3 N–H and O–H groups in total. The standard InChI is InChI=1S/C11H12ClNO4/c12-7-1-3-8(4-2-7)13-11(17)9(14)5-6-10(15)16/h1-4,9,14H,5-6H2,(H,13,17)(H,15,16)/t9-/m1/s1. The fourth-order valence-corrected chi connectivity index (χ4v) is 1.28. The smallest absolute Gasteiger partial charge is 0.303 e. The van der Waals surface area contributed by atoms with Gasteiger partial charge in [0, 0.05) is 17.1 Å². The summed E-state index contributed by atoms with van der Waals surface area (Å²) in [5.41, 5.74) is 0.494. The summed E-state index contributed by atoms with van der Waals surface area (Å²) in [4.78, 5) is 21.7. The first kappa shape index (κ1) is 13.5. The lowest BCUT2D eigenvalue weighted by Gasteiger charge is -2.10. The molecule has 17 heavy (non-hydrogen) atoms. The van der Waals surface area contributed by atoms with E-state index in [1.807, 2.05) is 0 Å². The fraction of sp³-hybridized carbons (Fsp3) is 0.273. The van der Waals surface area contributed by atoms with Crippen LogP contribution in [0.1, 0.15) is 12.8 Å². The molecule has 6 heteroatoms. The predicted octanol–water partition coefficient (Wildman–Crippen LogP) is 1.50. The van der Waals surface area contributed by atoms with Gasteiger partial charge in [-0.1, -0.05) is 11.6 Å². The quantitative estimate of drug-likeness (QED) is 0.746. The number of benzene rings is 1. The molecule has 0 unspecified atom stereocenters. The van der Waals surface area contributed by atoms with Crippen LogP contribution >= 0.6 is 11.6 Å². The van der Waals surface area contributed by atoms with Gasteiger partial charge in [-0.2, -0.15) is 0 Å². The van der Waals surface area contributed by atoms with E-state index >= 15 is 0 Å². The molecule has 1 atom stereocenters. The van der Waals surface area contributed by atoms with Crippen molar-refractivity contribution in [3.05, 3.63) is 29.3 Å². The fourth-order valence-electron chi connectivity index (χ4n) is 1.15. The second-order valence-corrected chi connectivity index (χ2v) is 3.88. The number of carboxylic acids is 1. The van der Waals surface area contributed by atoms with Gasteiger partial charge in [0.05, 0.1) is 0 Å². The average Bonchev–Trinajstić information content (AvgIpc) is 2.28. The molecular weight excluding hydrogens is 246 g/mol. The molecule has 0 saturated carbocycles. The number of amides is 1. The van der Waals surface area contributed by atoms with E-state index < -0.39 is 18.0 Å². The van der Waals surface area contributed by atoms with Crippen LogP contribution in [0.3, 0.4) is 0 Å². The number of carboxylic acid groups (broad SMARTS) is 1. The summed E-state index contributed by atoms with van der Waals surface area (Å²) in [5.74, 6) is -1.68. The maximum absolute atomic E-state index is 11.4. The average molecular weight is 258 g/mol. The van der Waals surface area contributed by atoms with Crippen LogP contribution in [0.2, 0.25) is 5.02 Å². The van der Waals surface area contributed by atoms with Crippen molar-refractivity contribution in [2.45, 2.75) is 18.9 Å². The SMILES string of the molecule is O=C(O)CC[C@@H](O)C(=O)Nc1ccc(Cl)cc1. The summed E-state index contributed by atoms with van der Waals surface area (Å²) in [6, 6.07) is 6.37. The Kier molecular flexibility index (Phi) is 4.93. The van der Waals surface area contributed by atoms with Crippen molar-refractivity contribution in [1.29, 1.82) is 0 Å². The first-order valence-electron chi connectivity index (χ1n) is 4.95. The molecule has 1 rings (SSSR count). The Morgan fingerprint density at radius 1 is 1.29 bits per heavy atom. The highest BCUT2D eigenvalue weighted by atomic mass is 35.5. The van der Waals surface area contributed by atoms with Crippen molar-refractivity contribution in [1.82, 2.24) is 0 Å². The Balaban J connectivity index is 2.48. The molecule has 0 saturated heterocycles. The molecule has 0 spiro atoms. The summed E-state index contributed by atoms with van der Waals surface area (Å²) in [6.45, 7) is 0. The molecule has 0 radical (unpaired) electrons. The monoisotopic (exact) mass is 257 g/mol. The van der Waals surface area contributed by atoms with E-state index in [1.54, 1.807) is 24.3 Å². The van der Waals surface area contributed by atoms with E-state index in [0.29, 0.717) is 10.7 Å². The first-order valence-corrected chi connectivity index (χ1v) is 5.33. The number of hydrogen-bond donors (Lipinski definition) is 3. The second-order valence-electron chi connectivity index (χ2n) is 3.44. The summed E-state index contributed by atoms with van der Waals surface area (Å²) in [7, 11) is 0. The maximum Gasteiger partial charge on any atom is 0.303 e. The van der Waals surface area contributed by atoms with Crippen LogP contribution in [0.15, 0.2) is 24.3 Å². The summed E-state index contributed by atoms with van der Waals surface area (Å²) < 4.78 is 0. The minimum absolute atomic E-state index is 0.116. The third-order valence-electron chi connectivity index (χ3n) is 2.05. The molecule has 0 fully saturated rings. The number of aliphatic hydroxyl groups is 1. The van der Waals surface area contributed by atoms with Crippen LogP contribution in [-0.2, 0) is 9.59 Å². The minimum atomic E-state index is -1.33. The van der Waals surface area contributed by atoms with Crippen LogP contribution in [0, 0.1) is 0 Å². The van der Waals surface area contributed by atoms with E-state index in [1.165, 1.54) is 0 Å². The molecule has 1 amide bonds. The van der Waals surface area contributed by atoms with E-state index in [0.717, 1.165) is 0 Å². The molecular formula is C11H12ClNO4. The minimum Gasteiger partial charge on any atom is -0.481 e. The highest BCUT2D eigenvalue weighted by molar-refractivity contribution is 6.30. The molecule has 1 aromatic rings. The molecule has 5 nitrogen and oxygen atoms in total. The Bertz CT molecular complexity index is 404. The summed E-state index contributed by atoms with van der Waals surface area (Å²) >= 11 is 5.67.